The fraction of sp³-hybridized carbons (Fsp3) is 0.250. The average molecular weight is 292 g/mol. The first kappa shape index (κ1) is 13.4. The molecule has 20 heavy (non-hydrogen) atoms. The van der Waals surface area contributed by atoms with Crippen molar-refractivity contribution >= 4 is 11.6 Å². The van der Waals surface area contributed by atoms with E-state index in [1.165, 1.54) is 5.56 Å². The lowest BCUT2D eigenvalue weighted by atomic mass is 10.1. The molecule has 4 heteroatoms. The number of benzene rings is 2. The summed E-state index contributed by atoms with van der Waals surface area (Å²) in [5.41, 5.74) is 1.81. The molecule has 1 unspecified atom stereocenters. The zero-order chi connectivity index (χ0) is 13.9. The molecule has 1 N–H and O–H groups in total. The Balaban J connectivity index is 1.53. The number of fused-ring (bicyclic) bond motifs is 1. The third-order valence-corrected chi connectivity index (χ3v) is 3.72. The van der Waals surface area contributed by atoms with Crippen molar-refractivity contribution in [3.63, 3.8) is 0 Å². The van der Waals surface area contributed by atoms with Crippen molar-refractivity contribution < 1.29 is 9.13 Å². The molecule has 0 amide bonds. The second kappa shape index (κ2) is 5.81. The second-order valence-electron chi connectivity index (χ2n) is 4.90. The Bertz CT molecular complexity index is 592. The van der Waals surface area contributed by atoms with Crippen LogP contribution in [0.3, 0.4) is 0 Å². The van der Waals surface area contributed by atoms with E-state index in [2.05, 4.69) is 11.4 Å². The van der Waals surface area contributed by atoms with Gasteiger partial charge in [0.1, 0.15) is 17.7 Å². The molecule has 104 valence electrons. The highest BCUT2D eigenvalue weighted by Gasteiger charge is 2.21. The van der Waals surface area contributed by atoms with Crippen LogP contribution in [0.4, 0.5) is 4.39 Å². The summed E-state index contributed by atoms with van der Waals surface area (Å²) in [7, 11) is 0. The smallest absolute Gasteiger partial charge is 0.146 e. The first-order chi connectivity index (χ1) is 9.74. The van der Waals surface area contributed by atoms with Gasteiger partial charge in [-0.15, -0.1) is 0 Å². The van der Waals surface area contributed by atoms with E-state index in [4.69, 9.17) is 16.3 Å². The maximum absolute atomic E-state index is 13.7. The van der Waals surface area contributed by atoms with Crippen LogP contribution in [0.2, 0.25) is 5.02 Å². The molecule has 0 saturated heterocycles. The van der Waals surface area contributed by atoms with Crippen LogP contribution in [-0.2, 0) is 13.0 Å². The van der Waals surface area contributed by atoms with Gasteiger partial charge in [0.2, 0.25) is 0 Å². The highest BCUT2D eigenvalue weighted by Crippen LogP contribution is 2.27. The molecule has 1 aliphatic rings. The van der Waals surface area contributed by atoms with Gasteiger partial charge in [0.15, 0.2) is 0 Å². The van der Waals surface area contributed by atoms with Crippen LogP contribution in [0, 0.1) is 5.82 Å². The van der Waals surface area contributed by atoms with Crippen molar-refractivity contribution in [1.82, 2.24) is 5.32 Å². The summed E-state index contributed by atoms with van der Waals surface area (Å²) in [6.45, 7) is 1.13. The molecule has 2 aromatic rings. The van der Waals surface area contributed by atoms with Crippen molar-refractivity contribution in [3.05, 3.63) is 64.4 Å². The summed E-state index contributed by atoms with van der Waals surface area (Å²) < 4.78 is 19.5. The van der Waals surface area contributed by atoms with Crippen LogP contribution < -0.4 is 10.1 Å². The summed E-state index contributed by atoms with van der Waals surface area (Å²) in [5.74, 6) is 0.602. The molecular formula is C16H15ClFNO. The lowest BCUT2D eigenvalue weighted by molar-refractivity contribution is 0.227. The van der Waals surface area contributed by atoms with E-state index in [1.807, 2.05) is 18.2 Å². The van der Waals surface area contributed by atoms with E-state index >= 15 is 0 Å². The van der Waals surface area contributed by atoms with Gasteiger partial charge in [-0.1, -0.05) is 41.9 Å². The Hall–Kier alpha value is -1.58. The molecule has 2 nitrogen and oxygen atoms in total. The minimum Gasteiger partial charge on any atom is -0.488 e. The van der Waals surface area contributed by atoms with Crippen LogP contribution >= 0.6 is 11.6 Å². The first-order valence-corrected chi connectivity index (χ1v) is 7.00. The predicted molar refractivity (Wildman–Crippen MR) is 77.7 cm³/mol. The van der Waals surface area contributed by atoms with Gasteiger partial charge in [0.25, 0.3) is 0 Å². The maximum Gasteiger partial charge on any atom is 0.146 e. The zero-order valence-corrected chi connectivity index (χ0v) is 11.7. The Morgan fingerprint density at radius 1 is 1.20 bits per heavy atom. The molecule has 2 aromatic carbocycles. The summed E-state index contributed by atoms with van der Waals surface area (Å²) >= 11 is 5.75. The maximum atomic E-state index is 13.7. The highest BCUT2D eigenvalue weighted by atomic mass is 35.5. The number of ether oxygens (including phenoxy) is 1. The summed E-state index contributed by atoms with van der Waals surface area (Å²) in [6, 6.07) is 13.1. The van der Waals surface area contributed by atoms with E-state index in [0.717, 1.165) is 12.2 Å². The highest BCUT2D eigenvalue weighted by molar-refractivity contribution is 6.30. The Morgan fingerprint density at radius 2 is 2.05 bits per heavy atom. The lowest BCUT2D eigenvalue weighted by Crippen LogP contribution is -2.29. The normalized spacial score (nSPS) is 16.8. The largest absolute Gasteiger partial charge is 0.488 e. The van der Waals surface area contributed by atoms with Gasteiger partial charge in [0, 0.05) is 25.1 Å². The first-order valence-electron chi connectivity index (χ1n) is 6.62. The molecule has 1 aliphatic heterocycles. The number of hydrogen-bond acceptors (Lipinski definition) is 2. The number of nitrogens with one attached hydrogen (secondary N) is 1. The van der Waals surface area contributed by atoms with E-state index in [0.29, 0.717) is 18.7 Å². The molecule has 0 fully saturated rings. The van der Waals surface area contributed by atoms with E-state index < -0.39 is 0 Å². The molecule has 0 saturated carbocycles. The number of rotatable bonds is 4. The molecule has 1 heterocycles. The number of hydrogen-bond donors (Lipinski definition) is 1. The fourth-order valence-electron chi connectivity index (χ4n) is 2.42. The van der Waals surface area contributed by atoms with Gasteiger partial charge in [0.05, 0.1) is 5.02 Å². The van der Waals surface area contributed by atoms with Crippen molar-refractivity contribution in [3.8, 4) is 5.75 Å². The Kier molecular flexibility index (Phi) is 3.90. The summed E-state index contributed by atoms with van der Waals surface area (Å²) in [5, 5.41) is 3.38. The quantitative estimate of drug-likeness (QED) is 0.930. The van der Waals surface area contributed by atoms with Crippen molar-refractivity contribution in [2.45, 2.75) is 19.1 Å². The topological polar surface area (TPSA) is 21.3 Å². The van der Waals surface area contributed by atoms with Gasteiger partial charge in [-0.3, -0.25) is 0 Å². The van der Waals surface area contributed by atoms with E-state index in [-0.39, 0.29) is 16.9 Å². The second-order valence-corrected chi connectivity index (χ2v) is 5.30. The molecule has 0 radical (unpaired) electrons. The van der Waals surface area contributed by atoms with Crippen LogP contribution in [0.25, 0.3) is 0 Å². The van der Waals surface area contributed by atoms with Crippen molar-refractivity contribution in [1.29, 1.82) is 0 Å². The summed E-state index contributed by atoms with van der Waals surface area (Å²) in [6.07, 6.45) is 0.996. The van der Waals surface area contributed by atoms with E-state index in [9.17, 15) is 4.39 Å². The standard InChI is InChI=1S/C16H15ClFNO/c17-14-6-3-5-12(16(14)18)9-19-10-13-8-11-4-1-2-7-15(11)20-13/h1-7,13,19H,8-10H2. The molecule has 0 bridgehead atoms. The average Bonchev–Trinajstić information content (AvgIpc) is 2.86. The predicted octanol–water partition coefficient (Wildman–Crippen LogP) is 3.57. The molecule has 1 atom stereocenters. The molecular weight excluding hydrogens is 277 g/mol. The zero-order valence-electron chi connectivity index (χ0n) is 10.9. The van der Waals surface area contributed by atoms with Gasteiger partial charge in [-0.2, -0.15) is 0 Å². The third kappa shape index (κ3) is 2.79. The third-order valence-electron chi connectivity index (χ3n) is 3.43. The van der Waals surface area contributed by atoms with Gasteiger partial charge >= 0.3 is 0 Å². The SMILES string of the molecule is Fc1c(Cl)cccc1CNCC1Cc2ccccc2O1. The van der Waals surface area contributed by atoms with Crippen LogP contribution in [0.15, 0.2) is 42.5 Å². The molecule has 0 aliphatic carbocycles. The van der Waals surface area contributed by atoms with Crippen molar-refractivity contribution in [2.75, 3.05) is 6.54 Å². The van der Waals surface area contributed by atoms with Gasteiger partial charge < -0.3 is 10.1 Å². The van der Waals surface area contributed by atoms with E-state index in [1.54, 1.807) is 18.2 Å². The fourth-order valence-corrected chi connectivity index (χ4v) is 2.61. The van der Waals surface area contributed by atoms with Gasteiger partial charge in [-0.05, 0) is 17.7 Å². The van der Waals surface area contributed by atoms with Gasteiger partial charge in [-0.25, -0.2) is 4.39 Å². The molecule has 0 aromatic heterocycles. The number of halogens is 2. The minimum atomic E-state index is -0.350. The van der Waals surface area contributed by atoms with Crippen LogP contribution in [0.1, 0.15) is 11.1 Å². The minimum absolute atomic E-state index is 0.106. The molecule has 0 spiro atoms. The van der Waals surface area contributed by atoms with Crippen LogP contribution in [-0.4, -0.2) is 12.6 Å². The Morgan fingerprint density at radius 3 is 2.90 bits per heavy atom. The van der Waals surface area contributed by atoms with Crippen molar-refractivity contribution in [2.24, 2.45) is 0 Å². The lowest BCUT2D eigenvalue weighted by Gasteiger charge is -2.12. The Labute approximate surface area is 122 Å². The van der Waals surface area contributed by atoms with Crippen LogP contribution in [0.5, 0.6) is 5.75 Å². The molecule has 3 rings (SSSR count). The summed E-state index contributed by atoms with van der Waals surface area (Å²) in [4.78, 5) is 0. The monoisotopic (exact) mass is 291 g/mol. The number of para-hydroxylation sites is 1.